The number of rotatable bonds is 8. The standard InChI is InChI=1S/C20H21F2N3O6S/c21-15-7-8-18(16(22)14-15)31-13-3-6-20(26)23-9-11-24(12-10-23)32(29,30)19-5-2-1-4-17(19)25(27)28/h1-2,4-5,7-8,14H,3,6,9-13H2. The summed E-state index contributed by atoms with van der Waals surface area (Å²) in [6.07, 6.45) is 0.407. The molecule has 0 unspecified atom stereocenters. The summed E-state index contributed by atoms with van der Waals surface area (Å²) >= 11 is 0. The Kier molecular flexibility index (Phi) is 7.36. The summed E-state index contributed by atoms with van der Waals surface area (Å²) in [4.78, 5) is 23.9. The Balaban J connectivity index is 1.50. The van der Waals surface area contributed by atoms with Gasteiger partial charge in [-0.15, -0.1) is 0 Å². The van der Waals surface area contributed by atoms with Gasteiger partial charge in [-0.2, -0.15) is 4.31 Å². The van der Waals surface area contributed by atoms with E-state index in [0.717, 1.165) is 16.4 Å². The van der Waals surface area contributed by atoms with Gasteiger partial charge in [0.2, 0.25) is 15.9 Å². The van der Waals surface area contributed by atoms with Crippen LogP contribution in [0.25, 0.3) is 0 Å². The van der Waals surface area contributed by atoms with E-state index in [1.165, 1.54) is 29.2 Å². The number of hydrogen-bond acceptors (Lipinski definition) is 6. The first kappa shape index (κ1) is 23.5. The lowest BCUT2D eigenvalue weighted by atomic mass is 10.2. The summed E-state index contributed by atoms with van der Waals surface area (Å²) < 4.78 is 58.4. The third-order valence-corrected chi connectivity index (χ3v) is 6.90. The number of carbonyl (C=O) groups excluding carboxylic acids is 1. The van der Waals surface area contributed by atoms with Gasteiger partial charge in [-0.05, 0) is 24.6 Å². The van der Waals surface area contributed by atoms with E-state index in [2.05, 4.69) is 0 Å². The highest BCUT2D eigenvalue weighted by molar-refractivity contribution is 7.89. The molecule has 2 aromatic rings. The molecule has 0 spiro atoms. The molecular formula is C20H21F2N3O6S. The van der Waals surface area contributed by atoms with Gasteiger partial charge in [0, 0.05) is 44.7 Å². The number of hydrogen-bond donors (Lipinski definition) is 0. The maximum absolute atomic E-state index is 13.5. The number of ether oxygens (including phenoxy) is 1. The zero-order valence-electron chi connectivity index (χ0n) is 16.9. The molecule has 32 heavy (non-hydrogen) atoms. The van der Waals surface area contributed by atoms with E-state index in [-0.39, 0.29) is 55.8 Å². The fraction of sp³-hybridized carbons (Fsp3) is 0.350. The molecule has 1 saturated heterocycles. The van der Waals surface area contributed by atoms with Crippen molar-refractivity contribution in [2.45, 2.75) is 17.7 Å². The molecule has 3 rings (SSSR count). The molecule has 1 aliphatic rings. The monoisotopic (exact) mass is 469 g/mol. The first-order chi connectivity index (χ1) is 15.2. The Morgan fingerprint density at radius 2 is 1.78 bits per heavy atom. The Morgan fingerprint density at radius 3 is 2.44 bits per heavy atom. The molecule has 0 radical (unpaired) electrons. The largest absolute Gasteiger partial charge is 0.491 e. The summed E-state index contributed by atoms with van der Waals surface area (Å²) in [7, 11) is -4.07. The fourth-order valence-electron chi connectivity index (χ4n) is 3.30. The Morgan fingerprint density at radius 1 is 1.09 bits per heavy atom. The van der Waals surface area contributed by atoms with Gasteiger partial charge in [0.15, 0.2) is 16.5 Å². The summed E-state index contributed by atoms with van der Waals surface area (Å²) in [5.74, 6) is -1.86. The van der Waals surface area contributed by atoms with Crippen LogP contribution in [0.3, 0.4) is 0 Å². The number of sulfonamides is 1. The minimum absolute atomic E-state index is 0.0113. The van der Waals surface area contributed by atoms with E-state index in [9.17, 15) is 32.1 Å². The molecule has 12 heteroatoms. The van der Waals surface area contributed by atoms with E-state index in [0.29, 0.717) is 12.5 Å². The molecule has 1 amide bonds. The normalized spacial score (nSPS) is 14.9. The number of piperazine rings is 1. The second kappa shape index (κ2) is 10.0. The van der Waals surface area contributed by atoms with Crippen molar-refractivity contribution in [3.63, 3.8) is 0 Å². The van der Waals surface area contributed by atoms with Crippen LogP contribution in [-0.2, 0) is 14.8 Å². The molecule has 0 atom stereocenters. The molecule has 0 aromatic heterocycles. The summed E-state index contributed by atoms with van der Waals surface area (Å²) in [6.45, 7) is 0.368. The van der Waals surface area contributed by atoms with Crippen molar-refractivity contribution in [2.75, 3.05) is 32.8 Å². The molecule has 2 aromatic carbocycles. The first-order valence-corrected chi connectivity index (χ1v) is 11.2. The molecule has 0 bridgehead atoms. The Bertz CT molecular complexity index is 1100. The van der Waals surface area contributed by atoms with E-state index >= 15 is 0 Å². The highest BCUT2D eigenvalue weighted by atomic mass is 32.2. The Labute approximate surface area is 183 Å². The average molecular weight is 469 g/mol. The minimum atomic E-state index is -4.07. The highest BCUT2D eigenvalue weighted by Gasteiger charge is 2.34. The topological polar surface area (TPSA) is 110 Å². The molecule has 1 fully saturated rings. The number of nitro groups is 1. The van der Waals surface area contributed by atoms with Crippen LogP contribution in [0, 0.1) is 21.7 Å². The van der Waals surface area contributed by atoms with Gasteiger partial charge in [0.05, 0.1) is 11.5 Å². The lowest BCUT2D eigenvalue weighted by Gasteiger charge is -2.34. The smallest absolute Gasteiger partial charge is 0.289 e. The fourth-order valence-corrected chi connectivity index (χ4v) is 4.88. The summed E-state index contributed by atoms with van der Waals surface area (Å²) in [5, 5.41) is 11.2. The van der Waals surface area contributed by atoms with Crippen molar-refractivity contribution in [3.05, 3.63) is 64.2 Å². The number of benzene rings is 2. The highest BCUT2D eigenvalue weighted by Crippen LogP contribution is 2.27. The van der Waals surface area contributed by atoms with Gasteiger partial charge in [-0.3, -0.25) is 14.9 Å². The number of carbonyl (C=O) groups is 1. The van der Waals surface area contributed by atoms with Gasteiger partial charge in [-0.25, -0.2) is 17.2 Å². The number of halogens is 2. The van der Waals surface area contributed by atoms with Gasteiger partial charge >= 0.3 is 0 Å². The van der Waals surface area contributed by atoms with Crippen LogP contribution in [0.2, 0.25) is 0 Å². The molecule has 172 valence electrons. The second-order valence-electron chi connectivity index (χ2n) is 7.04. The summed E-state index contributed by atoms with van der Waals surface area (Å²) in [6, 6.07) is 8.07. The van der Waals surface area contributed by atoms with E-state index in [1.54, 1.807) is 0 Å². The van der Waals surface area contributed by atoms with Crippen molar-refractivity contribution in [1.82, 2.24) is 9.21 Å². The van der Waals surface area contributed by atoms with E-state index in [1.807, 2.05) is 0 Å². The predicted molar refractivity (Wildman–Crippen MR) is 110 cm³/mol. The van der Waals surface area contributed by atoms with Crippen LogP contribution in [0.1, 0.15) is 12.8 Å². The number of amides is 1. The third-order valence-electron chi connectivity index (χ3n) is 4.96. The lowest BCUT2D eigenvalue weighted by molar-refractivity contribution is -0.387. The minimum Gasteiger partial charge on any atom is -0.491 e. The molecule has 0 aliphatic carbocycles. The third kappa shape index (κ3) is 5.37. The molecule has 9 nitrogen and oxygen atoms in total. The van der Waals surface area contributed by atoms with Crippen LogP contribution in [0.4, 0.5) is 14.5 Å². The van der Waals surface area contributed by atoms with Crippen molar-refractivity contribution >= 4 is 21.6 Å². The molecule has 1 heterocycles. The maximum Gasteiger partial charge on any atom is 0.289 e. The average Bonchev–Trinajstić information content (AvgIpc) is 2.77. The molecule has 0 saturated carbocycles. The zero-order valence-corrected chi connectivity index (χ0v) is 17.8. The maximum atomic E-state index is 13.5. The van der Waals surface area contributed by atoms with Crippen LogP contribution >= 0.6 is 0 Å². The lowest BCUT2D eigenvalue weighted by Crippen LogP contribution is -2.50. The van der Waals surface area contributed by atoms with Crippen molar-refractivity contribution < 1.29 is 31.7 Å². The molecule has 1 aliphatic heterocycles. The summed E-state index contributed by atoms with van der Waals surface area (Å²) in [5.41, 5.74) is -0.497. The number of para-hydroxylation sites is 1. The van der Waals surface area contributed by atoms with E-state index < -0.39 is 32.3 Å². The quantitative estimate of drug-likeness (QED) is 0.334. The zero-order chi connectivity index (χ0) is 23.3. The molecular weight excluding hydrogens is 448 g/mol. The van der Waals surface area contributed by atoms with Crippen molar-refractivity contribution in [2.24, 2.45) is 0 Å². The van der Waals surface area contributed by atoms with Gasteiger partial charge in [0.1, 0.15) is 5.82 Å². The van der Waals surface area contributed by atoms with Gasteiger partial charge in [0.25, 0.3) is 5.69 Å². The predicted octanol–water partition coefficient (Wildman–Crippen LogP) is 2.57. The second-order valence-corrected chi connectivity index (χ2v) is 8.94. The molecule has 0 N–H and O–H groups in total. The van der Waals surface area contributed by atoms with Crippen LogP contribution in [-0.4, -0.2) is 61.2 Å². The van der Waals surface area contributed by atoms with Gasteiger partial charge in [-0.1, -0.05) is 12.1 Å². The SMILES string of the molecule is O=C(CCCOc1ccc(F)cc1F)N1CCN(S(=O)(=O)c2ccccc2[N+](=O)[O-])CC1. The van der Waals surface area contributed by atoms with Gasteiger partial charge < -0.3 is 9.64 Å². The van der Waals surface area contributed by atoms with Crippen LogP contribution in [0.15, 0.2) is 47.4 Å². The van der Waals surface area contributed by atoms with E-state index in [4.69, 9.17) is 4.74 Å². The van der Waals surface area contributed by atoms with Crippen molar-refractivity contribution in [1.29, 1.82) is 0 Å². The van der Waals surface area contributed by atoms with Crippen molar-refractivity contribution in [3.8, 4) is 5.75 Å². The number of nitrogens with zero attached hydrogens (tertiary/aromatic N) is 3. The number of nitro benzene ring substituents is 1. The van der Waals surface area contributed by atoms with Crippen LogP contribution in [0.5, 0.6) is 5.75 Å². The van der Waals surface area contributed by atoms with Crippen LogP contribution < -0.4 is 4.74 Å². The first-order valence-electron chi connectivity index (χ1n) is 9.79. The Hall–Kier alpha value is -3.12.